The Morgan fingerprint density at radius 1 is 0.852 bits per heavy atom. The lowest BCUT2D eigenvalue weighted by Crippen LogP contribution is -2.27. The van der Waals surface area contributed by atoms with Crippen molar-refractivity contribution in [2.75, 3.05) is 21.3 Å². The average molecular weight is 365 g/mol. The van der Waals surface area contributed by atoms with Crippen LogP contribution in [0.3, 0.4) is 0 Å². The van der Waals surface area contributed by atoms with Crippen LogP contribution < -0.4 is 19.5 Å². The number of ether oxygens (including phenoxy) is 3. The third-order valence-electron chi connectivity index (χ3n) is 4.56. The van der Waals surface area contributed by atoms with Crippen molar-refractivity contribution in [1.82, 2.24) is 5.32 Å². The molecular weight excluding hydrogens is 342 g/mol. The zero-order valence-electron chi connectivity index (χ0n) is 15.9. The molecule has 140 valence electrons. The highest BCUT2D eigenvalue weighted by Crippen LogP contribution is 2.31. The van der Waals surface area contributed by atoms with Crippen molar-refractivity contribution in [2.24, 2.45) is 0 Å². The van der Waals surface area contributed by atoms with Crippen molar-refractivity contribution in [3.05, 3.63) is 65.7 Å². The van der Waals surface area contributed by atoms with Crippen LogP contribution >= 0.6 is 0 Å². The molecule has 1 N–H and O–H groups in total. The molecule has 0 fully saturated rings. The van der Waals surface area contributed by atoms with E-state index in [1.54, 1.807) is 21.3 Å². The minimum Gasteiger partial charge on any atom is -0.497 e. The van der Waals surface area contributed by atoms with Gasteiger partial charge in [0.1, 0.15) is 17.2 Å². The summed E-state index contributed by atoms with van der Waals surface area (Å²) in [6, 6.07) is 16.8. The molecule has 0 saturated heterocycles. The van der Waals surface area contributed by atoms with Gasteiger partial charge in [-0.05, 0) is 48.0 Å². The number of rotatable bonds is 6. The van der Waals surface area contributed by atoms with Crippen LogP contribution in [0.5, 0.6) is 17.2 Å². The summed E-state index contributed by atoms with van der Waals surface area (Å²) in [5.74, 6) is 1.72. The van der Waals surface area contributed by atoms with Crippen LogP contribution in [0, 0.1) is 0 Å². The Labute approximate surface area is 158 Å². The second-order valence-corrected chi connectivity index (χ2v) is 6.20. The molecule has 0 unspecified atom stereocenters. The zero-order chi connectivity index (χ0) is 19.4. The fourth-order valence-electron chi connectivity index (χ4n) is 3.10. The Morgan fingerprint density at radius 2 is 1.52 bits per heavy atom. The minimum absolute atomic E-state index is 0.213. The summed E-state index contributed by atoms with van der Waals surface area (Å²) >= 11 is 0. The number of methoxy groups -OCH3 is 3. The van der Waals surface area contributed by atoms with E-state index in [0.717, 1.165) is 16.3 Å². The van der Waals surface area contributed by atoms with Gasteiger partial charge in [-0.3, -0.25) is 4.79 Å². The van der Waals surface area contributed by atoms with Crippen LogP contribution in [-0.4, -0.2) is 27.2 Å². The Hall–Kier alpha value is -3.21. The van der Waals surface area contributed by atoms with Crippen LogP contribution in [0.4, 0.5) is 0 Å². The molecule has 27 heavy (non-hydrogen) atoms. The van der Waals surface area contributed by atoms with Crippen molar-refractivity contribution >= 4 is 16.7 Å². The monoisotopic (exact) mass is 365 g/mol. The van der Waals surface area contributed by atoms with Gasteiger partial charge >= 0.3 is 0 Å². The number of benzene rings is 3. The predicted octanol–water partition coefficient (Wildman–Crippen LogP) is 4.36. The first kappa shape index (κ1) is 18.6. The smallest absolute Gasteiger partial charge is 0.255 e. The first-order valence-electron chi connectivity index (χ1n) is 8.67. The number of carbonyl (C=O) groups is 1. The molecule has 3 aromatic rings. The molecule has 0 radical (unpaired) electrons. The lowest BCUT2D eigenvalue weighted by atomic mass is 10.0. The van der Waals surface area contributed by atoms with Crippen LogP contribution in [0.2, 0.25) is 0 Å². The van der Waals surface area contributed by atoms with Gasteiger partial charge in [0, 0.05) is 5.56 Å². The molecule has 3 aromatic carbocycles. The van der Waals surface area contributed by atoms with Crippen molar-refractivity contribution in [2.45, 2.75) is 13.0 Å². The molecule has 0 heterocycles. The molecule has 0 aliphatic rings. The van der Waals surface area contributed by atoms with Crippen LogP contribution in [0.15, 0.2) is 54.6 Å². The second kappa shape index (κ2) is 7.99. The number of carbonyl (C=O) groups excluding carboxylic acids is 1. The molecule has 1 amide bonds. The maximum absolute atomic E-state index is 12.9. The molecule has 5 nitrogen and oxygen atoms in total. The largest absolute Gasteiger partial charge is 0.497 e. The third-order valence-corrected chi connectivity index (χ3v) is 4.56. The van der Waals surface area contributed by atoms with Gasteiger partial charge in [-0.15, -0.1) is 0 Å². The fourth-order valence-corrected chi connectivity index (χ4v) is 3.10. The van der Waals surface area contributed by atoms with E-state index in [9.17, 15) is 4.79 Å². The molecule has 1 atom stereocenters. The molecule has 0 aliphatic heterocycles. The van der Waals surface area contributed by atoms with E-state index in [0.29, 0.717) is 22.8 Å². The van der Waals surface area contributed by atoms with Crippen molar-refractivity contribution in [3.8, 4) is 17.2 Å². The molecule has 3 rings (SSSR count). The van der Waals surface area contributed by atoms with Crippen LogP contribution in [-0.2, 0) is 0 Å². The summed E-state index contributed by atoms with van der Waals surface area (Å²) < 4.78 is 16.2. The number of hydrogen-bond donors (Lipinski definition) is 1. The SMILES string of the molecule is COc1ccc(OC)c([C@H](C)NC(=O)c2cc3ccccc3cc2OC)c1. The average Bonchev–Trinajstić information content (AvgIpc) is 2.71. The number of fused-ring (bicyclic) bond motifs is 1. The highest BCUT2D eigenvalue weighted by Gasteiger charge is 2.19. The first-order chi connectivity index (χ1) is 13.1. The van der Waals surface area contributed by atoms with E-state index in [1.165, 1.54) is 0 Å². The Morgan fingerprint density at radius 3 is 2.15 bits per heavy atom. The lowest BCUT2D eigenvalue weighted by Gasteiger charge is -2.19. The van der Waals surface area contributed by atoms with Gasteiger partial charge in [-0.2, -0.15) is 0 Å². The summed E-state index contributed by atoms with van der Waals surface area (Å²) in [5, 5.41) is 5.03. The number of amides is 1. The van der Waals surface area contributed by atoms with E-state index in [1.807, 2.05) is 61.5 Å². The Kier molecular flexibility index (Phi) is 5.50. The van der Waals surface area contributed by atoms with E-state index in [-0.39, 0.29) is 11.9 Å². The molecule has 0 saturated carbocycles. The van der Waals surface area contributed by atoms with Gasteiger partial charge in [0.2, 0.25) is 0 Å². The van der Waals surface area contributed by atoms with Crippen LogP contribution in [0.25, 0.3) is 10.8 Å². The Balaban J connectivity index is 1.92. The number of nitrogens with one attached hydrogen (secondary N) is 1. The van der Waals surface area contributed by atoms with Crippen molar-refractivity contribution in [1.29, 1.82) is 0 Å². The van der Waals surface area contributed by atoms with Gasteiger partial charge in [-0.25, -0.2) is 0 Å². The highest BCUT2D eigenvalue weighted by molar-refractivity contribution is 6.01. The third kappa shape index (κ3) is 3.82. The molecular formula is C22H23NO4. The summed E-state index contributed by atoms with van der Waals surface area (Å²) in [5.41, 5.74) is 1.33. The molecule has 0 spiro atoms. The van der Waals surface area contributed by atoms with Crippen molar-refractivity contribution in [3.63, 3.8) is 0 Å². The molecule has 0 aromatic heterocycles. The van der Waals surface area contributed by atoms with E-state index in [2.05, 4.69) is 5.32 Å². The molecule has 0 bridgehead atoms. The van der Waals surface area contributed by atoms with Gasteiger partial charge in [-0.1, -0.05) is 24.3 Å². The first-order valence-corrected chi connectivity index (χ1v) is 8.67. The summed E-state index contributed by atoms with van der Waals surface area (Å²) in [4.78, 5) is 12.9. The number of hydrogen-bond acceptors (Lipinski definition) is 4. The van der Waals surface area contributed by atoms with Gasteiger partial charge in [0.15, 0.2) is 0 Å². The van der Waals surface area contributed by atoms with Crippen molar-refractivity contribution < 1.29 is 19.0 Å². The molecule has 0 aliphatic carbocycles. The maximum atomic E-state index is 12.9. The lowest BCUT2D eigenvalue weighted by molar-refractivity contribution is 0.0936. The summed E-state index contributed by atoms with van der Waals surface area (Å²) in [6.07, 6.45) is 0. The van der Waals surface area contributed by atoms with Gasteiger partial charge in [0.25, 0.3) is 5.91 Å². The highest BCUT2D eigenvalue weighted by atomic mass is 16.5. The second-order valence-electron chi connectivity index (χ2n) is 6.20. The summed E-state index contributed by atoms with van der Waals surface area (Å²) in [7, 11) is 4.77. The fraction of sp³-hybridized carbons (Fsp3) is 0.227. The standard InChI is InChI=1S/C22H23NO4/c1-14(18-13-17(25-2)9-10-20(18)26-3)23-22(24)19-11-15-7-5-6-8-16(15)12-21(19)27-4/h5-14H,1-4H3,(H,23,24)/t14-/m0/s1. The predicted molar refractivity (Wildman–Crippen MR) is 106 cm³/mol. The van der Waals surface area contributed by atoms with E-state index >= 15 is 0 Å². The van der Waals surface area contributed by atoms with Gasteiger partial charge in [0.05, 0.1) is 32.9 Å². The quantitative estimate of drug-likeness (QED) is 0.705. The van der Waals surface area contributed by atoms with Crippen LogP contribution in [0.1, 0.15) is 28.9 Å². The van der Waals surface area contributed by atoms with E-state index < -0.39 is 0 Å². The van der Waals surface area contributed by atoms with E-state index in [4.69, 9.17) is 14.2 Å². The molecule has 5 heteroatoms. The summed E-state index contributed by atoms with van der Waals surface area (Å²) in [6.45, 7) is 1.91. The zero-order valence-corrected chi connectivity index (χ0v) is 15.9. The van der Waals surface area contributed by atoms with Gasteiger partial charge < -0.3 is 19.5 Å². The normalized spacial score (nSPS) is 11.7. The minimum atomic E-state index is -0.279. The maximum Gasteiger partial charge on any atom is 0.255 e. The Bertz CT molecular complexity index is 968. The topological polar surface area (TPSA) is 56.8 Å².